The molecule has 2 rings (SSSR count). The highest BCUT2D eigenvalue weighted by atomic mass is 19.3. The zero-order valence-corrected chi connectivity index (χ0v) is 9.70. The van der Waals surface area contributed by atoms with E-state index in [9.17, 15) is 18.7 Å². The fraction of sp³-hybridized carbons (Fsp3) is 0.462. The maximum atomic E-state index is 13.1. The maximum Gasteiger partial charge on any atom is 0.335 e. The molecule has 2 N–H and O–H groups in total. The number of benzene rings is 1. The quantitative estimate of drug-likeness (QED) is 0.855. The minimum absolute atomic E-state index is 0.0525. The molecule has 1 saturated carbocycles. The second-order valence-corrected chi connectivity index (χ2v) is 4.77. The lowest BCUT2D eigenvalue weighted by Crippen LogP contribution is -2.36. The first-order valence-electron chi connectivity index (χ1n) is 5.76. The molecule has 0 atom stereocenters. The largest absolute Gasteiger partial charge is 0.478 e. The summed E-state index contributed by atoms with van der Waals surface area (Å²) < 4.78 is 26.1. The van der Waals surface area contributed by atoms with Crippen molar-refractivity contribution in [3.8, 4) is 0 Å². The highest BCUT2D eigenvalue weighted by Gasteiger charge is 2.43. The van der Waals surface area contributed by atoms with Crippen LogP contribution in [0.2, 0.25) is 0 Å². The van der Waals surface area contributed by atoms with E-state index in [1.54, 1.807) is 6.07 Å². The molecule has 1 aliphatic rings. The van der Waals surface area contributed by atoms with E-state index in [1.165, 1.54) is 18.2 Å². The number of alkyl halides is 2. The van der Waals surface area contributed by atoms with E-state index in [0.29, 0.717) is 5.56 Å². The maximum absolute atomic E-state index is 13.1. The van der Waals surface area contributed by atoms with E-state index in [1.807, 2.05) is 0 Å². The van der Waals surface area contributed by atoms with Crippen LogP contribution in [-0.4, -0.2) is 22.1 Å². The number of aliphatic hydroxyl groups is 1. The van der Waals surface area contributed by atoms with Crippen molar-refractivity contribution in [3.63, 3.8) is 0 Å². The molecular weight excluding hydrogens is 242 g/mol. The highest BCUT2D eigenvalue weighted by molar-refractivity contribution is 5.87. The van der Waals surface area contributed by atoms with E-state index in [4.69, 9.17) is 5.11 Å². The van der Waals surface area contributed by atoms with E-state index in [0.717, 1.165) is 0 Å². The number of rotatable bonds is 2. The van der Waals surface area contributed by atoms with Crippen molar-refractivity contribution in [1.29, 1.82) is 0 Å². The molecule has 0 radical (unpaired) electrons. The Labute approximate surface area is 103 Å². The molecule has 98 valence electrons. The Morgan fingerprint density at radius 2 is 1.78 bits per heavy atom. The van der Waals surface area contributed by atoms with E-state index in [-0.39, 0.29) is 31.2 Å². The Morgan fingerprint density at radius 1 is 1.17 bits per heavy atom. The summed E-state index contributed by atoms with van der Waals surface area (Å²) in [5, 5.41) is 19.2. The van der Waals surface area contributed by atoms with Crippen LogP contribution in [0.1, 0.15) is 41.6 Å². The average Bonchev–Trinajstić information content (AvgIpc) is 2.34. The van der Waals surface area contributed by atoms with Gasteiger partial charge in [0.1, 0.15) is 0 Å². The van der Waals surface area contributed by atoms with Gasteiger partial charge >= 0.3 is 5.97 Å². The molecule has 5 heteroatoms. The minimum Gasteiger partial charge on any atom is -0.478 e. The number of halogens is 2. The van der Waals surface area contributed by atoms with E-state index >= 15 is 0 Å². The summed E-state index contributed by atoms with van der Waals surface area (Å²) >= 11 is 0. The Morgan fingerprint density at radius 3 is 2.33 bits per heavy atom. The van der Waals surface area contributed by atoms with Gasteiger partial charge in [-0.05, 0) is 30.5 Å². The Kier molecular flexibility index (Phi) is 3.11. The van der Waals surface area contributed by atoms with Crippen LogP contribution in [0, 0.1) is 0 Å². The SMILES string of the molecule is O=C(O)c1cccc(C2(O)CCC(F)(F)CC2)c1. The van der Waals surface area contributed by atoms with Crippen molar-refractivity contribution in [2.45, 2.75) is 37.2 Å². The van der Waals surface area contributed by atoms with Crippen LogP contribution in [0.15, 0.2) is 24.3 Å². The fourth-order valence-electron chi connectivity index (χ4n) is 2.26. The number of carboxylic acids is 1. The third-order valence-corrected chi connectivity index (χ3v) is 3.46. The van der Waals surface area contributed by atoms with E-state index < -0.39 is 17.5 Å². The Balaban J connectivity index is 2.26. The van der Waals surface area contributed by atoms with Crippen LogP contribution in [0.3, 0.4) is 0 Å². The third kappa shape index (κ3) is 2.51. The molecule has 1 fully saturated rings. The molecule has 0 aliphatic heterocycles. The van der Waals surface area contributed by atoms with Crippen molar-refractivity contribution < 1.29 is 23.8 Å². The highest BCUT2D eigenvalue weighted by Crippen LogP contribution is 2.43. The Bertz CT molecular complexity index is 461. The summed E-state index contributed by atoms with van der Waals surface area (Å²) in [7, 11) is 0. The molecular formula is C13H14F2O3. The van der Waals surface area contributed by atoms with Crippen LogP contribution < -0.4 is 0 Å². The molecule has 0 saturated heterocycles. The molecule has 1 aromatic rings. The lowest BCUT2D eigenvalue weighted by molar-refractivity contribution is -0.107. The minimum atomic E-state index is -2.73. The first kappa shape index (κ1) is 13.0. The van der Waals surface area contributed by atoms with Gasteiger partial charge in [0.15, 0.2) is 0 Å². The van der Waals surface area contributed by atoms with Gasteiger partial charge in [0.2, 0.25) is 5.92 Å². The molecule has 0 amide bonds. The third-order valence-electron chi connectivity index (χ3n) is 3.46. The van der Waals surface area contributed by atoms with Gasteiger partial charge in [-0.3, -0.25) is 0 Å². The smallest absolute Gasteiger partial charge is 0.335 e. The van der Waals surface area contributed by atoms with Crippen molar-refractivity contribution in [1.82, 2.24) is 0 Å². The summed E-state index contributed by atoms with van der Waals surface area (Å²) in [4.78, 5) is 10.8. The van der Waals surface area contributed by atoms with Gasteiger partial charge in [0, 0.05) is 12.8 Å². The van der Waals surface area contributed by atoms with Gasteiger partial charge in [-0.2, -0.15) is 0 Å². The van der Waals surface area contributed by atoms with Crippen LogP contribution >= 0.6 is 0 Å². The van der Waals surface area contributed by atoms with Gasteiger partial charge < -0.3 is 10.2 Å². The topological polar surface area (TPSA) is 57.5 Å². The molecule has 3 nitrogen and oxygen atoms in total. The van der Waals surface area contributed by atoms with Gasteiger partial charge in [-0.1, -0.05) is 12.1 Å². The second-order valence-electron chi connectivity index (χ2n) is 4.77. The monoisotopic (exact) mass is 256 g/mol. The zero-order valence-electron chi connectivity index (χ0n) is 9.70. The number of aromatic carboxylic acids is 1. The molecule has 0 spiro atoms. The second kappa shape index (κ2) is 4.31. The molecule has 1 aromatic carbocycles. The van der Waals surface area contributed by atoms with E-state index in [2.05, 4.69) is 0 Å². The van der Waals surface area contributed by atoms with Crippen LogP contribution in [0.4, 0.5) is 8.78 Å². The van der Waals surface area contributed by atoms with Gasteiger partial charge in [0.25, 0.3) is 0 Å². The molecule has 18 heavy (non-hydrogen) atoms. The number of hydrogen-bond donors (Lipinski definition) is 2. The summed E-state index contributed by atoms with van der Waals surface area (Å²) in [6, 6.07) is 5.86. The van der Waals surface area contributed by atoms with Crippen LogP contribution in [0.5, 0.6) is 0 Å². The first-order chi connectivity index (χ1) is 8.32. The standard InChI is InChI=1S/C13H14F2O3/c14-13(15)6-4-12(18,5-7-13)10-3-1-2-9(8-10)11(16)17/h1-3,8,18H,4-7H2,(H,16,17). The molecule has 0 bridgehead atoms. The Hall–Kier alpha value is -1.49. The van der Waals surface area contributed by atoms with Crippen LogP contribution in [-0.2, 0) is 5.60 Å². The fourth-order valence-corrected chi connectivity index (χ4v) is 2.26. The van der Waals surface area contributed by atoms with Crippen molar-refractivity contribution in [3.05, 3.63) is 35.4 Å². The average molecular weight is 256 g/mol. The first-order valence-corrected chi connectivity index (χ1v) is 5.76. The van der Waals surface area contributed by atoms with Crippen LogP contribution in [0.25, 0.3) is 0 Å². The lowest BCUT2D eigenvalue weighted by atomic mass is 9.78. The number of hydrogen-bond acceptors (Lipinski definition) is 2. The molecule has 1 aliphatic carbocycles. The van der Waals surface area contributed by atoms with Crippen molar-refractivity contribution in [2.75, 3.05) is 0 Å². The van der Waals surface area contributed by atoms with Gasteiger partial charge in [0.05, 0.1) is 11.2 Å². The molecule has 0 unspecified atom stereocenters. The predicted molar refractivity (Wildman–Crippen MR) is 60.7 cm³/mol. The van der Waals surface area contributed by atoms with Crippen molar-refractivity contribution in [2.24, 2.45) is 0 Å². The summed E-state index contributed by atoms with van der Waals surface area (Å²) in [6.07, 6.45) is -0.853. The predicted octanol–water partition coefficient (Wildman–Crippen LogP) is 2.78. The lowest BCUT2D eigenvalue weighted by Gasteiger charge is -2.36. The number of carbonyl (C=O) groups is 1. The zero-order chi connectivity index (χ0) is 13.4. The van der Waals surface area contributed by atoms with Crippen molar-refractivity contribution >= 4 is 5.97 Å². The van der Waals surface area contributed by atoms with Gasteiger partial charge in [-0.15, -0.1) is 0 Å². The normalized spacial score (nSPS) is 21.5. The van der Waals surface area contributed by atoms with Gasteiger partial charge in [-0.25, -0.2) is 13.6 Å². The molecule has 0 aromatic heterocycles. The summed E-state index contributed by atoms with van der Waals surface area (Å²) in [6.45, 7) is 0. The molecule has 0 heterocycles. The number of carboxylic acid groups (broad SMARTS) is 1. The summed E-state index contributed by atoms with van der Waals surface area (Å²) in [5.74, 6) is -3.82. The summed E-state index contributed by atoms with van der Waals surface area (Å²) in [5.41, 5.74) is -0.885.